The van der Waals surface area contributed by atoms with E-state index in [1.165, 1.54) is 5.56 Å². The standard InChI is InChI=1S/C18H19ClN2O3.C18H22N2O2.C17H19ClN2O2.C16H15ClN2O2.CH3.BrH.ClH.Mg/c19-14-3-1-2-13(10-14)17-20-11-16(12-21-17)24-15-4-6-18(7-5-15)22-8-9-23-18;1-13-4-3-5-14(10-13)17-19-11-16(12-20-17)22-15-6-8-18(2,21)9-7-15;1-17(21)7-5-14(6-8-17)22-15-10-19-16(20-11-15)12-3-2-4-13(18)9-12;17-12-3-1-2-11(8-12)16-18-9-15(10-19-16)21-14-6-4-13(20)5-7-14;;;;/h1-3,10-12,15H,4-9H2;3-5,10-12,15,21H,6-9H2,1-2H3;2-4,9-11,14,21H,5-8H2,1H3;1-3,8-10,14H,4-7H2;1H3;2*1H;/q;;;;-1;;;+2/p-1. The van der Waals surface area contributed by atoms with Crippen molar-refractivity contribution in [3.05, 3.63) is 175 Å². The van der Waals surface area contributed by atoms with E-state index in [0.29, 0.717) is 93.2 Å². The van der Waals surface area contributed by atoms with E-state index in [2.05, 4.69) is 58.9 Å². The Morgan fingerprint density at radius 1 is 0.441 bits per heavy atom. The molecule has 1 aliphatic heterocycles. The summed E-state index contributed by atoms with van der Waals surface area (Å²) >= 11 is 17.9. The maximum Gasteiger partial charge on any atom is 2.00 e. The van der Waals surface area contributed by atoms with Crippen LogP contribution in [0.1, 0.15) is 122 Å². The van der Waals surface area contributed by atoms with Crippen molar-refractivity contribution in [2.24, 2.45) is 0 Å². The van der Waals surface area contributed by atoms with Crippen LogP contribution in [0.4, 0.5) is 0 Å². The van der Waals surface area contributed by atoms with Gasteiger partial charge in [0.15, 0.2) is 52.1 Å². The number of rotatable bonds is 12. The summed E-state index contributed by atoms with van der Waals surface area (Å²) in [6.07, 6.45) is 27.0. The Morgan fingerprint density at radius 2 is 0.710 bits per heavy atom. The van der Waals surface area contributed by atoms with Gasteiger partial charge in [0.25, 0.3) is 0 Å². The Kier molecular flexibility index (Phi) is 29.9. The number of aromatic nitrogens is 8. The number of carbonyl (C=O) groups is 1. The average molecular weight is 1420 g/mol. The number of aryl methyl sites for hydroxylation is 1. The predicted octanol–water partition coefficient (Wildman–Crippen LogP) is 12.4. The molecule has 5 fully saturated rings. The number of ether oxygens (including phenoxy) is 6. The van der Waals surface area contributed by atoms with Gasteiger partial charge in [0, 0.05) is 63.0 Å². The molecule has 0 amide bonds. The molecule has 0 atom stereocenters. The molecule has 1 spiro atoms. The third-order valence-corrected chi connectivity index (χ3v) is 17.0. The van der Waals surface area contributed by atoms with Gasteiger partial charge >= 0.3 is 23.1 Å². The van der Waals surface area contributed by atoms with Crippen molar-refractivity contribution in [1.29, 1.82) is 0 Å². The fourth-order valence-corrected chi connectivity index (χ4v) is 11.7. The van der Waals surface area contributed by atoms with Crippen molar-refractivity contribution < 1.29 is 60.4 Å². The largest absolute Gasteiger partial charge is 2.00 e. The Balaban J connectivity index is 0.000000194. The first-order valence-corrected chi connectivity index (χ1v) is 31.6. The number of hydrogen-bond donors (Lipinski definition) is 2. The van der Waals surface area contributed by atoms with Gasteiger partial charge in [0.2, 0.25) is 0 Å². The van der Waals surface area contributed by atoms with Crippen molar-refractivity contribution in [2.45, 2.75) is 165 Å². The second kappa shape index (κ2) is 36.4. The van der Waals surface area contributed by atoms with Gasteiger partial charge in [-0.15, -0.1) is 12.4 Å². The number of hydrogen-bond acceptors (Lipinski definition) is 17. The van der Waals surface area contributed by atoms with E-state index in [1.807, 2.05) is 98.8 Å². The van der Waals surface area contributed by atoms with Crippen LogP contribution in [0.5, 0.6) is 23.0 Å². The van der Waals surface area contributed by atoms with Crippen molar-refractivity contribution in [3.8, 4) is 68.5 Å². The van der Waals surface area contributed by atoms with E-state index < -0.39 is 11.2 Å². The van der Waals surface area contributed by atoms with Gasteiger partial charge in [-0.2, -0.15) is 0 Å². The fourth-order valence-electron chi connectivity index (χ4n) is 11.2. The van der Waals surface area contributed by atoms with Gasteiger partial charge in [0.1, 0.15) is 5.78 Å². The zero-order valence-corrected chi connectivity index (χ0v) is 58.9. The Bertz CT molecular complexity index is 3430. The summed E-state index contributed by atoms with van der Waals surface area (Å²) in [4.78, 5) is 46.1. The molecule has 13 rings (SSSR count). The smallest absolute Gasteiger partial charge is 1.00 e. The molecule has 93 heavy (non-hydrogen) atoms. The third-order valence-electron chi connectivity index (χ3n) is 16.3. The zero-order valence-electron chi connectivity index (χ0n) is 52.9. The Labute approximate surface area is 593 Å². The van der Waals surface area contributed by atoms with Crippen LogP contribution in [0.15, 0.2) is 147 Å². The van der Waals surface area contributed by atoms with Gasteiger partial charge in [-0.05, 0) is 140 Å². The number of ketones is 1. The molecule has 0 unspecified atom stereocenters. The summed E-state index contributed by atoms with van der Waals surface area (Å²) in [6.45, 7) is 7.22. The molecule has 4 saturated carbocycles. The van der Waals surface area contributed by atoms with Crippen LogP contribution in [0.25, 0.3) is 45.6 Å². The van der Waals surface area contributed by atoms with Gasteiger partial charge in [-0.1, -0.05) is 95.0 Å². The number of nitrogens with zero attached hydrogens (tertiary/aromatic N) is 8. The number of aliphatic hydroxyl groups is 2. The molecule has 4 aliphatic carbocycles. The normalized spacial score (nSPS) is 20.7. The maximum atomic E-state index is 11.2. The average Bonchev–Trinajstić information content (AvgIpc) is 1.85. The molecular weight excluding hydrogens is 1340 g/mol. The van der Waals surface area contributed by atoms with Gasteiger partial charge in [-0.3, -0.25) is 4.79 Å². The summed E-state index contributed by atoms with van der Waals surface area (Å²) in [5.74, 6) is 5.25. The number of carbonyl (C=O) groups excluding carboxylic acids is 1. The van der Waals surface area contributed by atoms with E-state index in [-0.39, 0.29) is 90.1 Å². The van der Waals surface area contributed by atoms with E-state index in [1.54, 1.807) is 49.6 Å². The molecule has 0 bridgehead atoms. The van der Waals surface area contributed by atoms with E-state index in [0.717, 1.165) is 112 Å². The fraction of sp³-hybridized carbons (Fsp3) is 0.400. The maximum absolute atomic E-state index is 11.2. The summed E-state index contributed by atoms with van der Waals surface area (Å²) in [7, 11) is 0. The minimum atomic E-state index is -0.549. The number of Topliss-reactive ketones (excluding diaryl/α,β-unsaturated/α-hetero) is 1. The molecule has 5 heterocycles. The molecule has 4 aromatic carbocycles. The number of benzene rings is 4. The Hall–Kier alpha value is -5.68. The third kappa shape index (κ3) is 23.6. The van der Waals surface area contributed by atoms with E-state index in [4.69, 9.17) is 63.2 Å². The van der Waals surface area contributed by atoms with Crippen LogP contribution >= 0.6 is 47.2 Å². The van der Waals surface area contributed by atoms with Crippen LogP contribution in [-0.4, -0.2) is 134 Å². The first kappa shape index (κ1) is 76.3. The van der Waals surface area contributed by atoms with Crippen LogP contribution in [0.3, 0.4) is 0 Å². The molecule has 2 N–H and O–H groups in total. The topological polar surface area (TPSA) is 216 Å². The van der Waals surface area contributed by atoms with Crippen molar-refractivity contribution in [1.82, 2.24) is 39.9 Å². The van der Waals surface area contributed by atoms with Crippen LogP contribution < -0.4 is 35.9 Å². The molecule has 490 valence electrons. The minimum Gasteiger partial charge on any atom is -1.00 e. The van der Waals surface area contributed by atoms with Crippen LogP contribution in [0, 0.1) is 14.4 Å². The number of halogens is 5. The van der Waals surface area contributed by atoms with Gasteiger partial charge in [0.05, 0.1) is 98.4 Å². The zero-order chi connectivity index (χ0) is 62.2. The summed E-state index contributed by atoms with van der Waals surface area (Å²) < 4.78 is 35.1. The molecule has 0 radical (unpaired) electrons. The quantitative estimate of drug-likeness (QED) is 0.0859. The van der Waals surface area contributed by atoms with Crippen molar-refractivity contribution in [2.75, 3.05) is 13.2 Å². The first-order valence-electron chi connectivity index (χ1n) is 30.5. The molecule has 8 aromatic rings. The molecule has 23 heteroatoms. The van der Waals surface area contributed by atoms with Gasteiger partial charge < -0.3 is 63.0 Å². The minimum absolute atomic E-state index is 0. The summed E-state index contributed by atoms with van der Waals surface area (Å²) in [6, 6.07) is 30.5. The molecule has 1 saturated heterocycles. The molecular formula is C70H79BrCl4MgN8O9. The van der Waals surface area contributed by atoms with E-state index >= 15 is 0 Å². The monoisotopic (exact) mass is 1420 g/mol. The van der Waals surface area contributed by atoms with Crippen LogP contribution in [-0.2, 0) is 14.3 Å². The summed E-state index contributed by atoms with van der Waals surface area (Å²) in [5.41, 5.74) is 3.77. The van der Waals surface area contributed by atoms with Gasteiger partial charge in [-0.25, -0.2) is 39.9 Å². The van der Waals surface area contributed by atoms with Crippen molar-refractivity contribution in [3.63, 3.8) is 0 Å². The van der Waals surface area contributed by atoms with Crippen molar-refractivity contribution >= 4 is 76.0 Å². The second-order valence-electron chi connectivity index (χ2n) is 23.8. The van der Waals surface area contributed by atoms with E-state index in [9.17, 15) is 15.0 Å². The first-order chi connectivity index (χ1) is 43.0. The molecule has 4 aromatic heterocycles. The molecule has 5 aliphatic rings. The molecule has 17 nitrogen and oxygen atoms in total. The Morgan fingerprint density at radius 3 is 1.00 bits per heavy atom. The SMILES string of the molecule is CC1(O)CCC(Oc2cnc(-c3cccc(Cl)c3)nc2)CC1.Cc1cccc(-c2ncc(OC3CCC(C)(O)CC3)cn2)c1.Cl.Clc1cccc(-c2ncc(OC3CCC4(CC3)OCCO4)cn2)c1.O=C1CCC(Oc2cnc(-c3cccc(Cl)c3)nc2)CC1.[Br-].[CH3-].[Mg+2]. The van der Waals surface area contributed by atoms with Crippen LogP contribution in [0.2, 0.25) is 15.1 Å². The summed E-state index contributed by atoms with van der Waals surface area (Å²) in [5, 5.41) is 21.9. The second-order valence-corrected chi connectivity index (χ2v) is 25.1. The predicted molar refractivity (Wildman–Crippen MR) is 361 cm³/mol.